The van der Waals surface area contributed by atoms with Gasteiger partial charge in [-0.25, -0.2) is 4.79 Å². The lowest BCUT2D eigenvalue weighted by atomic mass is 10.2. The minimum atomic E-state index is -0.933. The molecule has 1 aliphatic heterocycles. The fraction of sp³-hybridized carbons (Fsp3) is 0.500. The Balaban J connectivity index is 1.84. The largest absolute Gasteiger partial charge is 0.478 e. The van der Waals surface area contributed by atoms with Crippen LogP contribution >= 0.6 is 0 Å². The second-order valence-electron chi connectivity index (χ2n) is 4.05. The van der Waals surface area contributed by atoms with Crippen molar-refractivity contribution in [3.63, 3.8) is 0 Å². The molecular weight excluding hydrogens is 220 g/mol. The summed E-state index contributed by atoms with van der Waals surface area (Å²) in [6, 6.07) is 3.38. The Labute approximate surface area is 100 Å². The van der Waals surface area contributed by atoms with Crippen molar-refractivity contribution in [2.75, 3.05) is 32.8 Å². The van der Waals surface area contributed by atoms with E-state index in [1.807, 2.05) is 0 Å². The lowest BCUT2D eigenvalue weighted by Gasteiger charge is -2.26. The van der Waals surface area contributed by atoms with Gasteiger partial charge in [0.1, 0.15) is 0 Å². The average Bonchev–Trinajstić information content (AvgIpc) is 2.38. The number of aromatic nitrogens is 1. The van der Waals surface area contributed by atoms with Crippen LogP contribution in [0.25, 0.3) is 0 Å². The van der Waals surface area contributed by atoms with E-state index in [2.05, 4.69) is 9.88 Å². The third kappa shape index (κ3) is 3.51. The highest BCUT2D eigenvalue weighted by Gasteiger charge is 2.10. The van der Waals surface area contributed by atoms with Crippen LogP contribution < -0.4 is 0 Å². The molecular formula is C12H16N2O3. The normalized spacial score (nSPS) is 16.9. The molecule has 5 heteroatoms. The van der Waals surface area contributed by atoms with Crippen molar-refractivity contribution in [1.82, 2.24) is 9.88 Å². The third-order valence-corrected chi connectivity index (χ3v) is 2.86. The maximum absolute atomic E-state index is 10.7. The molecule has 0 bridgehead atoms. The van der Waals surface area contributed by atoms with Crippen molar-refractivity contribution < 1.29 is 14.6 Å². The molecule has 1 saturated heterocycles. The van der Waals surface area contributed by atoms with Crippen LogP contribution in [0.15, 0.2) is 18.3 Å². The Bertz CT molecular complexity index is 372. The number of ether oxygens (including phenoxy) is 1. The molecule has 5 nitrogen and oxygen atoms in total. The van der Waals surface area contributed by atoms with Crippen LogP contribution in [-0.2, 0) is 11.2 Å². The number of carboxylic acid groups (broad SMARTS) is 1. The van der Waals surface area contributed by atoms with E-state index in [0.717, 1.165) is 45.0 Å². The van der Waals surface area contributed by atoms with Crippen LogP contribution in [0.4, 0.5) is 0 Å². The zero-order valence-corrected chi connectivity index (χ0v) is 9.63. The van der Waals surface area contributed by atoms with Crippen LogP contribution in [0.1, 0.15) is 16.1 Å². The fourth-order valence-electron chi connectivity index (χ4n) is 1.80. The van der Waals surface area contributed by atoms with Crippen molar-refractivity contribution in [1.29, 1.82) is 0 Å². The molecule has 2 heterocycles. The number of hydrogen-bond acceptors (Lipinski definition) is 4. The first-order valence-corrected chi connectivity index (χ1v) is 5.74. The molecule has 1 aromatic heterocycles. The van der Waals surface area contributed by atoms with Gasteiger partial charge in [0.15, 0.2) is 0 Å². The lowest BCUT2D eigenvalue weighted by Crippen LogP contribution is -2.37. The smallest absolute Gasteiger partial charge is 0.337 e. The monoisotopic (exact) mass is 236 g/mol. The molecule has 0 aromatic carbocycles. The van der Waals surface area contributed by atoms with Crippen molar-refractivity contribution in [2.45, 2.75) is 6.42 Å². The molecule has 17 heavy (non-hydrogen) atoms. The second kappa shape index (κ2) is 5.75. The second-order valence-corrected chi connectivity index (χ2v) is 4.05. The van der Waals surface area contributed by atoms with Gasteiger partial charge in [-0.05, 0) is 12.1 Å². The van der Waals surface area contributed by atoms with E-state index in [4.69, 9.17) is 9.84 Å². The number of rotatable bonds is 4. The third-order valence-electron chi connectivity index (χ3n) is 2.86. The number of carboxylic acids is 1. The van der Waals surface area contributed by atoms with E-state index >= 15 is 0 Å². The van der Waals surface area contributed by atoms with Crippen LogP contribution in [0.2, 0.25) is 0 Å². The molecule has 1 fully saturated rings. The Hall–Kier alpha value is -1.46. The van der Waals surface area contributed by atoms with Gasteiger partial charge in [0.25, 0.3) is 0 Å². The Kier molecular flexibility index (Phi) is 4.06. The average molecular weight is 236 g/mol. The molecule has 2 rings (SSSR count). The number of carbonyl (C=O) groups is 1. The maximum atomic E-state index is 10.7. The Morgan fingerprint density at radius 2 is 2.18 bits per heavy atom. The van der Waals surface area contributed by atoms with Gasteiger partial charge in [0.05, 0.1) is 18.8 Å². The summed E-state index contributed by atoms with van der Waals surface area (Å²) >= 11 is 0. The number of nitrogens with zero attached hydrogens (tertiary/aromatic N) is 2. The first-order valence-electron chi connectivity index (χ1n) is 5.74. The SMILES string of the molecule is O=C(O)c1ccc(CCN2CCOCC2)nc1. The summed E-state index contributed by atoms with van der Waals surface area (Å²) in [4.78, 5) is 17.1. The van der Waals surface area contributed by atoms with Gasteiger partial charge in [-0.3, -0.25) is 9.88 Å². The highest BCUT2D eigenvalue weighted by Crippen LogP contribution is 2.03. The molecule has 92 valence electrons. The molecule has 0 aliphatic carbocycles. The molecule has 0 amide bonds. The fourth-order valence-corrected chi connectivity index (χ4v) is 1.80. The van der Waals surface area contributed by atoms with Crippen molar-refractivity contribution >= 4 is 5.97 Å². The predicted molar refractivity (Wildman–Crippen MR) is 62.2 cm³/mol. The number of pyridine rings is 1. The summed E-state index contributed by atoms with van der Waals surface area (Å²) in [6.45, 7) is 4.47. The van der Waals surface area contributed by atoms with Crippen LogP contribution in [0, 0.1) is 0 Å². The lowest BCUT2D eigenvalue weighted by molar-refractivity contribution is 0.0383. The minimum absolute atomic E-state index is 0.236. The highest BCUT2D eigenvalue weighted by molar-refractivity contribution is 5.87. The summed E-state index contributed by atoms with van der Waals surface area (Å²) in [5.41, 5.74) is 1.17. The standard InChI is InChI=1S/C12H16N2O3/c15-12(16)10-1-2-11(13-9-10)3-4-14-5-7-17-8-6-14/h1-2,9H,3-8H2,(H,15,16). The van der Waals surface area contributed by atoms with E-state index < -0.39 is 5.97 Å². The van der Waals surface area contributed by atoms with Gasteiger partial charge in [-0.2, -0.15) is 0 Å². The Morgan fingerprint density at radius 1 is 1.41 bits per heavy atom. The quantitative estimate of drug-likeness (QED) is 0.831. The minimum Gasteiger partial charge on any atom is -0.478 e. The molecule has 0 radical (unpaired) electrons. The van der Waals surface area contributed by atoms with E-state index in [9.17, 15) is 4.79 Å². The number of morpholine rings is 1. The van der Waals surface area contributed by atoms with Gasteiger partial charge in [-0.15, -0.1) is 0 Å². The molecule has 0 atom stereocenters. The van der Waals surface area contributed by atoms with Gasteiger partial charge >= 0.3 is 5.97 Å². The molecule has 0 saturated carbocycles. The topological polar surface area (TPSA) is 62.7 Å². The van der Waals surface area contributed by atoms with Gasteiger partial charge in [-0.1, -0.05) is 0 Å². The first-order chi connectivity index (χ1) is 8.25. The van der Waals surface area contributed by atoms with Crippen molar-refractivity contribution in [3.8, 4) is 0 Å². The van der Waals surface area contributed by atoms with E-state index in [-0.39, 0.29) is 5.56 Å². The van der Waals surface area contributed by atoms with E-state index in [1.54, 1.807) is 12.1 Å². The van der Waals surface area contributed by atoms with Crippen LogP contribution in [0.3, 0.4) is 0 Å². The van der Waals surface area contributed by atoms with Gasteiger partial charge in [0.2, 0.25) is 0 Å². The summed E-state index contributed by atoms with van der Waals surface area (Å²) in [7, 11) is 0. The molecule has 0 unspecified atom stereocenters. The summed E-state index contributed by atoms with van der Waals surface area (Å²) in [5.74, 6) is -0.933. The molecule has 1 aromatic rings. The first kappa shape index (κ1) is 12.0. The summed E-state index contributed by atoms with van der Waals surface area (Å²) in [6.07, 6.45) is 2.26. The van der Waals surface area contributed by atoms with Crippen LogP contribution in [0.5, 0.6) is 0 Å². The van der Waals surface area contributed by atoms with E-state index in [0.29, 0.717) is 0 Å². The summed E-state index contributed by atoms with van der Waals surface area (Å²) < 4.78 is 5.27. The predicted octanol–water partition coefficient (Wildman–Crippen LogP) is 0.654. The van der Waals surface area contributed by atoms with Crippen LogP contribution in [-0.4, -0.2) is 53.8 Å². The van der Waals surface area contributed by atoms with E-state index in [1.165, 1.54) is 6.20 Å². The number of aromatic carboxylic acids is 1. The van der Waals surface area contributed by atoms with Gasteiger partial charge in [0, 0.05) is 37.9 Å². The molecule has 0 spiro atoms. The summed E-state index contributed by atoms with van der Waals surface area (Å²) in [5, 5.41) is 8.75. The maximum Gasteiger partial charge on any atom is 0.337 e. The number of hydrogen-bond donors (Lipinski definition) is 1. The van der Waals surface area contributed by atoms with Gasteiger partial charge < -0.3 is 9.84 Å². The molecule has 1 N–H and O–H groups in total. The zero-order chi connectivity index (χ0) is 12.1. The highest BCUT2D eigenvalue weighted by atomic mass is 16.5. The van der Waals surface area contributed by atoms with Crippen molar-refractivity contribution in [2.24, 2.45) is 0 Å². The zero-order valence-electron chi connectivity index (χ0n) is 9.63. The Morgan fingerprint density at radius 3 is 2.76 bits per heavy atom. The molecule has 1 aliphatic rings. The van der Waals surface area contributed by atoms with Crippen molar-refractivity contribution in [3.05, 3.63) is 29.6 Å².